The molecule has 90 valence electrons. The maximum atomic E-state index is 4.16. The third kappa shape index (κ3) is 4.19. The van der Waals surface area contributed by atoms with Crippen LogP contribution in [0.5, 0.6) is 0 Å². The van der Waals surface area contributed by atoms with E-state index in [0.717, 1.165) is 18.7 Å². The molecule has 1 N–H and O–H groups in total. The maximum absolute atomic E-state index is 4.16. The number of rotatable bonds is 4. The summed E-state index contributed by atoms with van der Waals surface area (Å²) < 4.78 is 1.90. The molecule has 0 saturated carbocycles. The minimum absolute atomic E-state index is 0.167. The van der Waals surface area contributed by atoms with Gasteiger partial charge in [-0.1, -0.05) is 12.5 Å². The molecular formula is C13H23N3. The van der Waals surface area contributed by atoms with Crippen LogP contribution in [0.1, 0.15) is 39.8 Å². The number of nitrogens with one attached hydrogen (secondary N) is 1. The van der Waals surface area contributed by atoms with Crippen molar-refractivity contribution in [1.82, 2.24) is 15.1 Å². The molecule has 0 atom stereocenters. The van der Waals surface area contributed by atoms with Crippen molar-refractivity contribution < 1.29 is 0 Å². The summed E-state index contributed by atoms with van der Waals surface area (Å²) in [4.78, 5) is 0. The molecule has 16 heavy (non-hydrogen) atoms. The Kier molecular flexibility index (Phi) is 4.30. The Bertz CT molecular complexity index is 355. The molecule has 0 aliphatic carbocycles. The summed E-state index contributed by atoms with van der Waals surface area (Å²) in [5.41, 5.74) is 2.73. The predicted molar refractivity (Wildman–Crippen MR) is 69.2 cm³/mol. The van der Waals surface area contributed by atoms with E-state index in [0.29, 0.717) is 0 Å². The highest BCUT2D eigenvalue weighted by atomic mass is 15.2. The molecule has 1 rings (SSSR count). The van der Waals surface area contributed by atoms with E-state index in [9.17, 15) is 0 Å². The van der Waals surface area contributed by atoms with Gasteiger partial charge in [-0.05, 0) is 39.3 Å². The zero-order chi connectivity index (χ0) is 12.2. The van der Waals surface area contributed by atoms with Crippen LogP contribution in [0.3, 0.4) is 0 Å². The number of hydrogen-bond acceptors (Lipinski definition) is 2. The molecular weight excluding hydrogens is 198 g/mol. The van der Waals surface area contributed by atoms with Gasteiger partial charge in [0.15, 0.2) is 0 Å². The molecule has 0 bridgehead atoms. The number of nitrogens with zero attached hydrogens (tertiary/aromatic N) is 2. The van der Waals surface area contributed by atoms with Gasteiger partial charge in [-0.25, -0.2) is 0 Å². The number of hydrogen-bond donors (Lipinski definition) is 1. The Morgan fingerprint density at radius 1 is 1.50 bits per heavy atom. The first-order valence-corrected chi connectivity index (χ1v) is 5.85. The minimum atomic E-state index is 0.167. The topological polar surface area (TPSA) is 29.9 Å². The molecule has 1 heterocycles. The molecule has 0 fully saturated rings. The van der Waals surface area contributed by atoms with Crippen molar-refractivity contribution in [2.45, 2.75) is 39.7 Å². The van der Waals surface area contributed by atoms with Crippen molar-refractivity contribution in [3.05, 3.63) is 23.5 Å². The minimum Gasteiger partial charge on any atom is -0.308 e. The molecule has 0 amide bonds. The molecule has 3 heteroatoms. The van der Waals surface area contributed by atoms with E-state index in [1.807, 2.05) is 24.0 Å². The van der Waals surface area contributed by atoms with E-state index in [-0.39, 0.29) is 5.54 Å². The van der Waals surface area contributed by atoms with E-state index >= 15 is 0 Å². The predicted octanol–water partition coefficient (Wildman–Crippen LogP) is 2.60. The maximum Gasteiger partial charge on any atom is 0.0606 e. The monoisotopic (exact) mass is 221 g/mol. The van der Waals surface area contributed by atoms with Gasteiger partial charge in [-0.15, -0.1) is 0 Å². The molecule has 0 aliphatic rings. The van der Waals surface area contributed by atoms with E-state index in [1.165, 1.54) is 5.57 Å². The molecule has 0 radical (unpaired) electrons. The molecule has 0 saturated heterocycles. The third-order valence-electron chi connectivity index (χ3n) is 2.51. The lowest BCUT2D eigenvalue weighted by atomic mass is 10.1. The van der Waals surface area contributed by atoms with Gasteiger partial charge in [0, 0.05) is 25.3 Å². The summed E-state index contributed by atoms with van der Waals surface area (Å²) in [6, 6.07) is 2.03. The number of aryl methyl sites for hydroxylation is 1. The van der Waals surface area contributed by atoms with Crippen molar-refractivity contribution >= 4 is 6.08 Å². The lowest BCUT2D eigenvalue weighted by Crippen LogP contribution is -2.37. The van der Waals surface area contributed by atoms with E-state index < -0.39 is 0 Å². The summed E-state index contributed by atoms with van der Waals surface area (Å²) in [6.45, 7) is 9.68. The molecule has 1 aromatic rings. The smallest absolute Gasteiger partial charge is 0.0606 e. The summed E-state index contributed by atoms with van der Waals surface area (Å²) in [5.74, 6) is 0. The highest BCUT2D eigenvalue weighted by Crippen LogP contribution is 2.09. The lowest BCUT2D eigenvalue weighted by Gasteiger charge is -2.21. The normalized spacial score (nSPS) is 13.2. The lowest BCUT2D eigenvalue weighted by molar-refractivity contribution is 0.443. The van der Waals surface area contributed by atoms with Crippen molar-refractivity contribution in [2.24, 2.45) is 7.05 Å². The van der Waals surface area contributed by atoms with E-state index in [2.05, 4.69) is 44.2 Å². The van der Waals surface area contributed by atoms with Crippen LogP contribution in [-0.2, 0) is 7.05 Å². The molecule has 0 aromatic carbocycles. The van der Waals surface area contributed by atoms with Crippen LogP contribution in [0, 0.1) is 0 Å². The van der Waals surface area contributed by atoms with Gasteiger partial charge in [-0.2, -0.15) is 5.10 Å². The summed E-state index contributed by atoms with van der Waals surface area (Å²) >= 11 is 0. The zero-order valence-electron chi connectivity index (χ0n) is 11.0. The first kappa shape index (κ1) is 13.0. The Morgan fingerprint density at radius 2 is 2.19 bits per heavy atom. The Labute approximate surface area is 98.5 Å². The fraction of sp³-hybridized carbons (Fsp3) is 0.615. The highest BCUT2D eigenvalue weighted by Gasteiger charge is 2.09. The Morgan fingerprint density at radius 3 is 2.62 bits per heavy atom. The zero-order valence-corrected chi connectivity index (χ0v) is 11.0. The van der Waals surface area contributed by atoms with Gasteiger partial charge in [0.1, 0.15) is 0 Å². The van der Waals surface area contributed by atoms with Gasteiger partial charge < -0.3 is 5.32 Å². The Balaban J connectivity index is 2.68. The van der Waals surface area contributed by atoms with Gasteiger partial charge in [0.25, 0.3) is 0 Å². The van der Waals surface area contributed by atoms with Crippen LogP contribution >= 0.6 is 0 Å². The largest absolute Gasteiger partial charge is 0.308 e. The van der Waals surface area contributed by atoms with E-state index in [1.54, 1.807) is 0 Å². The SMILES string of the molecule is CCC(=Cc1ccnn1C)CNC(C)(C)C. The van der Waals surface area contributed by atoms with Crippen LogP contribution in [0.15, 0.2) is 17.8 Å². The number of aromatic nitrogens is 2. The van der Waals surface area contributed by atoms with Gasteiger partial charge in [0.05, 0.1) is 5.69 Å². The van der Waals surface area contributed by atoms with Crippen LogP contribution in [0.4, 0.5) is 0 Å². The quantitative estimate of drug-likeness (QED) is 0.847. The summed E-state index contributed by atoms with van der Waals surface area (Å²) in [5, 5.41) is 7.67. The second kappa shape index (κ2) is 5.30. The van der Waals surface area contributed by atoms with Crippen molar-refractivity contribution in [3.8, 4) is 0 Å². The van der Waals surface area contributed by atoms with Crippen LogP contribution in [0.25, 0.3) is 6.08 Å². The Hall–Kier alpha value is -1.09. The van der Waals surface area contributed by atoms with Crippen molar-refractivity contribution in [1.29, 1.82) is 0 Å². The van der Waals surface area contributed by atoms with E-state index in [4.69, 9.17) is 0 Å². The molecule has 1 aromatic heterocycles. The average Bonchev–Trinajstić information content (AvgIpc) is 2.57. The third-order valence-corrected chi connectivity index (χ3v) is 2.51. The second-order valence-corrected chi connectivity index (χ2v) is 5.14. The average molecular weight is 221 g/mol. The molecule has 0 aliphatic heterocycles. The first-order valence-electron chi connectivity index (χ1n) is 5.85. The summed E-state index contributed by atoms with van der Waals surface area (Å²) in [7, 11) is 1.97. The van der Waals surface area contributed by atoms with Gasteiger partial charge in [0.2, 0.25) is 0 Å². The fourth-order valence-corrected chi connectivity index (χ4v) is 1.39. The highest BCUT2D eigenvalue weighted by molar-refractivity contribution is 5.49. The van der Waals surface area contributed by atoms with Gasteiger partial charge in [-0.3, -0.25) is 4.68 Å². The first-order chi connectivity index (χ1) is 7.42. The van der Waals surface area contributed by atoms with Gasteiger partial charge >= 0.3 is 0 Å². The van der Waals surface area contributed by atoms with Crippen molar-refractivity contribution in [3.63, 3.8) is 0 Å². The summed E-state index contributed by atoms with van der Waals surface area (Å²) in [6.07, 6.45) is 5.11. The van der Waals surface area contributed by atoms with Crippen LogP contribution < -0.4 is 5.32 Å². The second-order valence-electron chi connectivity index (χ2n) is 5.14. The standard InChI is InChI=1S/C13H23N3/c1-6-11(10-14-13(2,3)4)9-12-7-8-15-16(12)5/h7-9,14H,6,10H2,1-5H3. The van der Waals surface area contributed by atoms with Crippen molar-refractivity contribution in [2.75, 3.05) is 6.54 Å². The fourth-order valence-electron chi connectivity index (χ4n) is 1.39. The molecule has 0 unspecified atom stereocenters. The van der Waals surface area contributed by atoms with Crippen LogP contribution in [-0.4, -0.2) is 21.9 Å². The molecule has 0 spiro atoms. The van der Waals surface area contributed by atoms with Crippen LogP contribution in [0.2, 0.25) is 0 Å². The molecule has 3 nitrogen and oxygen atoms in total.